The highest BCUT2D eigenvalue weighted by Crippen LogP contribution is 2.59. The number of rotatable bonds is 6. The lowest BCUT2D eigenvalue weighted by Gasteiger charge is -2.19. The van der Waals surface area contributed by atoms with Crippen LogP contribution in [-0.4, -0.2) is 12.6 Å². The van der Waals surface area contributed by atoms with Gasteiger partial charge < -0.3 is 5.32 Å². The molecule has 2 aliphatic rings. The van der Waals surface area contributed by atoms with Gasteiger partial charge in [0.05, 0.1) is 0 Å². The molecular formula is C13H25N. The highest BCUT2D eigenvalue weighted by Gasteiger charge is 2.55. The number of nitrogens with one attached hydrogen (secondary N) is 1. The van der Waals surface area contributed by atoms with E-state index in [1.165, 1.54) is 45.1 Å². The maximum Gasteiger partial charge on any atom is 0.0101 e. The maximum atomic E-state index is 3.76. The molecule has 0 spiro atoms. The zero-order valence-corrected chi connectivity index (χ0v) is 9.76. The molecule has 0 bridgehead atoms. The second kappa shape index (κ2) is 4.65. The van der Waals surface area contributed by atoms with Crippen LogP contribution in [0, 0.1) is 17.8 Å². The molecule has 1 nitrogen and oxygen atoms in total. The molecule has 0 aromatic carbocycles. The van der Waals surface area contributed by atoms with Gasteiger partial charge in [0.1, 0.15) is 0 Å². The summed E-state index contributed by atoms with van der Waals surface area (Å²) in [7, 11) is 0. The lowest BCUT2D eigenvalue weighted by molar-refractivity contribution is 0.382. The molecule has 3 atom stereocenters. The Morgan fingerprint density at radius 2 is 1.86 bits per heavy atom. The predicted molar refractivity (Wildman–Crippen MR) is 61.3 cm³/mol. The van der Waals surface area contributed by atoms with Crippen LogP contribution >= 0.6 is 0 Å². The smallest absolute Gasteiger partial charge is 0.0101 e. The van der Waals surface area contributed by atoms with Gasteiger partial charge in [0, 0.05) is 6.04 Å². The SMILES string of the molecule is CCCNC(CCC)C1C2CCCC21. The Balaban J connectivity index is 1.79. The fourth-order valence-corrected chi connectivity index (χ4v) is 3.55. The zero-order chi connectivity index (χ0) is 9.97. The summed E-state index contributed by atoms with van der Waals surface area (Å²) in [4.78, 5) is 0. The van der Waals surface area contributed by atoms with Crippen LogP contribution in [0.2, 0.25) is 0 Å². The predicted octanol–water partition coefficient (Wildman–Crippen LogP) is 3.20. The fraction of sp³-hybridized carbons (Fsp3) is 1.00. The molecule has 0 radical (unpaired) electrons. The summed E-state index contributed by atoms with van der Waals surface area (Å²) >= 11 is 0. The molecule has 2 saturated carbocycles. The van der Waals surface area contributed by atoms with Gasteiger partial charge in [0.25, 0.3) is 0 Å². The molecule has 0 aliphatic heterocycles. The Hall–Kier alpha value is -0.0400. The van der Waals surface area contributed by atoms with Crippen molar-refractivity contribution in [2.45, 2.75) is 58.4 Å². The number of hydrogen-bond acceptors (Lipinski definition) is 1. The zero-order valence-electron chi connectivity index (χ0n) is 9.76. The fourth-order valence-electron chi connectivity index (χ4n) is 3.55. The summed E-state index contributed by atoms with van der Waals surface area (Å²) in [5, 5.41) is 3.76. The minimum atomic E-state index is 0.857. The first-order valence-corrected chi connectivity index (χ1v) is 6.61. The molecule has 2 aliphatic carbocycles. The summed E-state index contributed by atoms with van der Waals surface area (Å²) in [5.74, 6) is 3.31. The van der Waals surface area contributed by atoms with Crippen molar-refractivity contribution < 1.29 is 0 Å². The first-order valence-electron chi connectivity index (χ1n) is 6.61. The highest BCUT2D eigenvalue weighted by molar-refractivity contribution is 5.06. The van der Waals surface area contributed by atoms with Crippen LogP contribution in [0.25, 0.3) is 0 Å². The quantitative estimate of drug-likeness (QED) is 0.686. The largest absolute Gasteiger partial charge is 0.314 e. The van der Waals surface area contributed by atoms with Gasteiger partial charge in [-0.05, 0) is 50.0 Å². The summed E-state index contributed by atoms with van der Waals surface area (Å²) in [6.45, 7) is 5.81. The average molecular weight is 195 g/mol. The standard InChI is InChI=1S/C13H25N/c1-3-6-12(14-9-4-2)13-10-7-5-8-11(10)13/h10-14H,3-9H2,1-2H3. The van der Waals surface area contributed by atoms with Crippen molar-refractivity contribution in [3.63, 3.8) is 0 Å². The Bertz CT molecular complexity index is 168. The molecule has 2 fully saturated rings. The third-order valence-electron chi connectivity index (χ3n) is 4.19. The van der Waals surface area contributed by atoms with Gasteiger partial charge in [0.2, 0.25) is 0 Å². The molecule has 0 aromatic rings. The lowest BCUT2D eigenvalue weighted by atomic mass is 10.00. The van der Waals surface area contributed by atoms with Gasteiger partial charge in [-0.3, -0.25) is 0 Å². The first-order chi connectivity index (χ1) is 6.88. The molecule has 0 heterocycles. The Morgan fingerprint density at radius 3 is 2.43 bits per heavy atom. The van der Waals surface area contributed by atoms with Crippen LogP contribution in [0.3, 0.4) is 0 Å². The van der Waals surface area contributed by atoms with Crippen LogP contribution in [0.15, 0.2) is 0 Å². The van der Waals surface area contributed by atoms with E-state index in [1.807, 2.05) is 0 Å². The van der Waals surface area contributed by atoms with Crippen molar-refractivity contribution in [1.29, 1.82) is 0 Å². The normalized spacial score (nSPS) is 36.9. The molecule has 0 amide bonds. The molecule has 14 heavy (non-hydrogen) atoms. The lowest BCUT2D eigenvalue weighted by Crippen LogP contribution is -2.33. The third kappa shape index (κ3) is 1.98. The van der Waals surface area contributed by atoms with Crippen LogP contribution < -0.4 is 5.32 Å². The Kier molecular flexibility index (Phi) is 3.48. The minimum Gasteiger partial charge on any atom is -0.314 e. The van der Waals surface area contributed by atoms with Crippen molar-refractivity contribution in [2.75, 3.05) is 6.54 Å². The highest BCUT2D eigenvalue weighted by atomic mass is 14.9. The van der Waals surface area contributed by atoms with Crippen molar-refractivity contribution >= 4 is 0 Å². The minimum absolute atomic E-state index is 0.857. The van der Waals surface area contributed by atoms with Crippen LogP contribution in [-0.2, 0) is 0 Å². The van der Waals surface area contributed by atoms with E-state index >= 15 is 0 Å². The summed E-state index contributed by atoms with van der Waals surface area (Å²) in [6.07, 6.45) is 8.60. The molecule has 82 valence electrons. The number of fused-ring (bicyclic) bond motifs is 1. The molecule has 0 saturated heterocycles. The molecule has 2 rings (SSSR count). The van der Waals surface area contributed by atoms with Gasteiger partial charge in [-0.2, -0.15) is 0 Å². The van der Waals surface area contributed by atoms with Crippen LogP contribution in [0.4, 0.5) is 0 Å². The molecule has 0 aromatic heterocycles. The van der Waals surface area contributed by atoms with Gasteiger partial charge >= 0.3 is 0 Å². The van der Waals surface area contributed by atoms with E-state index < -0.39 is 0 Å². The topological polar surface area (TPSA) is 12.0 Å². The summed E-state index contributed by atoms with van der Waals surface area (Å²) < 4.78 is 0. The van der Waals surface area contributed by atoms with E-state index in [9.17, 15) is 0 Å². The van der Waals surface area contributed by atoms with E-state index in [0.717, 1.165) is 23.8 Å². The molecule has 1 N–H and O–H groups in total. The first kappa shape index (κ1) is 10.5. The van der Waals surface area contributed by atoms with E-state index in [4.69, 9.17) is 0 Å². The molecule has 1 heteroatoms. The average Bonchev–Trinajstić information content (AvgIpc) is 2.68. The van der Waals surface area contributed by atoms with Gasteiger partial charge in [-0.1, -0.05) is 26.7 Å². The summed E-state index contributed by atoms with van der Waals surface area (Å²) in [6, 6.07) is 0.857. The molecular weight excluding hydrogens is 170 g/mol. The second-order valence-electron chi connectivity index (χ2n) is 5.19. The van der Waals surface area contributed by atoms with E-state index in [-0.39, 0.29) is 0 Å². The van der Waals surface area contributed by atoms with Crippen LogP contribution in [0.1, 0.15) is 52.4 Å². The molecule has 3 unspecified atom stereocenters. The van der Waals surface area contributed by atoms with Gasteiger partial charge in [-0.15, -0.1) is 0 Å². The van der Waals surface area contributed by atoms with Crippen molar-refractivity contribution in [3.8, 4) is 0 Å². The van der Waals surface area contributed by atoms with Crippen LogP contribution in [0.5, 0.6) is 0 Å². The van der Waals surface area contributed by atoms with E-state index in [2.05, 4.69) is 19.2 Å². The van der Waals surface area contributed by atoms with Crippen molar-refractivity contribution in [2.24, 2.45) is 17.8 Å². The maximum absolute atomic E-state index is 3.76. The monoisotopic (exact) mass is 195 g/mol. The summed E-state index contributed by atoms with van der Waals surface area (Å²) in [5.41, 5.74) is 0. The second-order valence-corrected chi connectivity index (χ2v) is 5.19. The third-order valence-corrected chi connectivity index (χ3v) is 4.19. The number of hydrogen-bond donors (Lipinski definition) is 1. The Morgan fingerprint density at radius 1 is 1.14 bits per heavy atom. The van der Waals surface area contributed by atoms with E-state index in [0.29, 0.717) is 0 Å². The van der Waals surface area contributed by atoms with Crippen molar-refractivity contribution in [1.82, 2.24) is 5.32 Å². The van der Waals surface area contributed by atoms with Crippen molar-refractivity contribution in [3.05, 3.63) is 0 Å². The van der Waals surface area contributed by atoms with Gasteiger partial charge in [-0.25, -0.2) is 0 Å². The van der Waals surface area contributed by atoms with E-state index in [1.54, 1.807) is 0 Å². The Labute approximate surface area is 88.7 Å². The van der Waals surface area contributed by atoms with Gasteiger partial charge in [0.15, 0.2) is 0 Å².